The van der Waals surface area contributed by atoms with Gasteiger partial charge in [-0.2, -0.15) is 0 Å². The van der Waals surface area contributed by atoms with Crippen LogP contribution < -0.4 is 10.6 Å². The molecule has 19 heavy (non-hydrogen) atoms. The maximum absolute atomic E-state index is 3.86. The second kappa shape index (κ2) is 4.73. The second-order valence-corrected chi connectivity index (χ2v) is 8.38. The maximum Gasteiger partial charge on any atom is 0.0164 e. The van der Waals surface area contributed by atoms with Crippen LogP contribution in [0.15, 0.2) is 0 Å². The Labute approximate surface area is 118 Å². The Balaban J connectivity index is 1.29. The molecular formula is C17H30N2. The van der Waals surface area contributed by atoms with Crippen molar-refractivity contribution in [1.29, 1.82) is 0 Å². The first-order valence-corrected chi connectivity index (χ1v) is 8.68. The van der Waals surface area contributed by atoms with Crippen LogP contribution in [0.1, 0.15) is 58.3 Å². The average molecular weight is 262 g/mol. The highest BCUT2D eigenvalue weighted by atomic mass is 15.0. The quantitative estimate of drug-likeness (QED) is 0.769. The van der Waals surface area contributed by atoms with E-state index in [1.807, 2.05) is 0 Å². The summed E-state index contributed by atoms with van der Waals surface area (Å²) in [6.07, 6.45) is 12.1. The zero-order valence-electron chi connectivity index (χ0n) is 12.5. The molecule has 5 fully saturated rings. The van der Waals surface area contributed by atoms with Crippen molar-refractivity contribution in [3.8, 4) is 0 Å². The van der Waals surface area contributed by atoms with E-state index in [4.69, 9.17) is 0 Å². The zero-order valence-corrected chi connectivity index (χ0v) is 12.5. The van der Waals surface area contributed by atoms with Gasteiger partial charge in [0.05, 0.1) is 0 Å². The Morgan fingerprint density at radius 3 is 2.11 bits per heavy atom. The van der Waals surface area contributed by atoms with E-state index in [2.05, 4.69) is 17.6 Å². The highest BCUT2D eigenvalue weighted by Crippen LogP contribution is 2.59. The molecule has 2 nitrogen and oxygen atoms in total. The molecule has 0 aromatic rings. The summed E-state index contributed by atoms with van der Waals surface area (Å²) < 4.78 is 0. The summed E-state index contributed by atoms with van der Waals surface area (Å²) in [6.45, 7) is 4.82. The summed E-state index contributed by atoms with van der Waals surface area (Å²) in [6, 6.07) is 1.50. The minimum atomic E-state index is 0.647. The lowest BCUT2D eigenvalue weighted by molar-refractivity contribution is -0.0522. The van der Waals surface area contributed by atoms with Gasteiger partial charge in [0, 0.05) is 25.2 Å². The Morgan fingerprint density at radius 1 is 1.00 bits per heavy atom. The standard InChI is InChI=1S/C17H30N2/c1-12(10-18-16-2-3-16)19-11-17-7-13-4-14(8-17)6-15(5-13)9-17/h12-16,18-19H,2-11H2,1H3. The van der Waals surface area contributed by atoms with Crippen LogP contribution in [0.4, 0.5) is 0 Å². The highest BCUT2D eigenvalue weighted by Gasteiger charge is 2.50. The van der Waals surface area contributed by atoms with E-state index in [-0.39, 0.29) is 0 Å². The van der Waals surface area contributed by atoms with Gasteiger partial charge in [0.1, 0.15) is 0 Å². The van der Waals surface area contributed by atoms with Crippen molar-refractivity contribution in [3.63, 3.8) is 0 Å². The lowest BCUT2D eigenvalue weighted by Gasteiger charge is -2.57. The van der Waals surface area contributed by atoms with E-state index in [1.54, 1.807) is 19.3 Å². The van der Waals surface area contributed by atoms with Gasteiger partial charge < -0.3 is 10.6 Å². The third kappa shape index (κ3) is 2.71. The molecule has 0 aromatic carbocycles. The molecule has 1 unspecified atom stereocenters. The molecule has 2 N–H and O–H groups in total. The first-order valence-electron chi connectivity index (χ1n) is 8.68. The summed E-state index contributed by atoms with van der Waals surface area (Å²) in [5.74, 6) is 3.27. The fraction of sp³-hybridized carbons (Fsp3) is 1.00. The van der Waals surface area contributed by atoms with Crippen LogP contribution >= 0.6 is 0 Å². The summed E-state index contributed by atoms with van der Waals surface area (Å²) >= 11 is 0. The molecule has 0 spiro atoms. The molecule has 0 heterocycles. The minimum absolute atomic E-state index is 0.647. The number of hydrogen-bond acceptors (Lipinski definition) is 2. The van der Waals surface area contributed by atoms with Gasteiger partial charge in [-0.3, -0.25) is 0 Å². The Morgan fingerprint density at radius 2 is 1.58 bits per heavy atom. The van der Waals surface area contributed by atoms with Gasteiger partial charge in [-0.15, -0.1) is 0 Å². The van der Waals surface area contributed by atoms with Gasteiger partial charge in [-0.1, -0.05) is 0 Å². The SMILES string of the molecule is CC(CNC1CC1)NCC12CC3CC(CC(C3)C1)C2. The van der Waals surface area contributed by atoms with Crippen molar-refractivity contribution in [2.75, 3.05) is 13.1 Å². The second-order valence-electron chi connectivity index (χ2n) is 8.38. The van der Waals surface area contributed by atoms with Crippen molar-refractivity contribution in [1.82, 2.24) is 10.6 Å². The third-order valence-electron chi connectivity index (χ3n) is 6.28. The van der Waals surface area contributed by atoms with Gasteiger partial charge in [-0.25, -0.2) is 0 Å². The number of hydrogen-bond donors (Lipinski definition) is 2. The Bertz CT molecular complexity index is 299. The average Bonchev–Trinajstić information content (AvgIpc) is 3.16. The molecule has 5 rings (SSSR count). The molecule has 5 aliphatic rings. The predicted molar refractivity (Wildman–Crippen MR) is 79.1 cm³/mol. The molecule has 5 aliphatic carbocycles. The lowest BCUT2D eigenvalue weighted by Crippen LogP contribution is -2.52. The molecule has 108 valence electrons. The van der Waals surface area contributed by atoms with Crippen LogP contribution in [0, 0.1) is 23.2 Å². The van der Waals surface area contributed by atoms with Crippen LogP contribution in [0.5, 0.6) is 0 Å². The molecule has 0 saturated heterocycles. The molecule has 0 aromatic heterocycles. The van der Waals surface area contributed by atoms with Crippen molar-refractivity contribution >= 4 is 0 Å². The van der Waals surface area contributed by atoms with Gasteiger partial charge >= 0.3 is 0 Å². The van der Waals surface area contributed by atoms with E-state index >= 15 is 0 Å². The monoisotopic (exact) mass is 262 g/mol. The highest BCUT2D eigenvalue weighted by molar-refractivity contribution is 5.02. The van der Waals surface area contributed by atoms with Crippen molar-refractivity contribution in [2.24, 2.45) is 23.2 Å². The number of nitrogens with one attached hydrogen (secondary N) is 2. The van der Waals surface area contributed by atoms with Gasteiger partial charge in [0.2, 0.25) is 0 Å². The third-order valence-corrected chi connectivity index (χ3v) is 6.28. The molecule has 4 bridgehead atoms. The van der Waals surface area contributed by atoms with Crippen molar-refractivity contribution in [2.45, 2.75) is 70.4 Å². The zero-order chi connectivity index (χ0) is 12.9. The predicted octanol–water partition coefficient (Wildman–Crippen LogP) is 2.93. The first-order chi connectivity index (χ1) is 9.21. The van der Waals surface area contributed by atoms with E-state index < -0.39 is 0 Å². The molecule has 1 atom stereocenters. The van der Waals surface area contributed by atoms with Crippen LogP contribution in [0.2, 0.25) is 0 Å². The molecule has 0 aliphatic heterocycles. The smallest absolute Gasteiger partial charge is 0.0164 e. The van der Waals surface area contributed by atoms with E-state index in [0.717, 1.165) is 30.3 Å². The van der Waals surface area contributed by atoms with E-state index in [0.29, 0.717) is 11.5 Å². The van der Waals surface area contributed by atoms with Gasteiger partial charge in [-0.05, 0) is 81.5 Å². The van der Waals surface area contributed by atoms with Crippen molar-refractivity contribution in [3.05, 3.63) is 0 Å². The molecule has 0 radical (unpaired) electrons. The van der Waals surface area contributed by atoms with Gasteiger partial charge in [0.25, 0.3) is 0 Å². The number of rotatable bonds is 6. The van der Waals surface area contributed by atoms with Crippen LogP contribution in [0.25, 0.3) is 0 Å². The Hall–Kier alpha value is -0.0800. The van der Waals surface area contributed by atoms with Crippen LogP contribution in [-0.2, 0) is 0 Å². The maximum atomic E-state index is 3.86. The molecule has 2 heteroatoms. The fourth-order valence-corrected chi connectivity index (χ4v) is 5.60. The molecular weight excluding hydrogens is 232 g/mol. The van der Waals surface area contributed by atoms with Crippen molar-refractivity contribution < 1.29 is 0 Å². The van der Waals surface area contributed by atoms with Gasteiger partial charge in [0.15, 0.2) is 0 Å². The largest absolute Gasteiger partial charge is 0.312 e. The lowest BCUT2D eigenvalue weighted by atomic mass is 9.49. The minimum Gasteiger partial charge on any atom is -0.312 e. The normalized spacial score (nSPS) is 45.6. The van der Waals surface area contributed by atoms with E-state index in [9.17, 15) is 0 Å². The molecule has 0 amide bonds. The summed E-state index contributed by atoms with van der Waals surface area (Å²) in [7, 11) is 0. The van der Waals surface area contributed by atoms with Crippen LogP contribution in [-0.4, -0.2) is 25.2 Å². The summed E-state index contributed by atoms with van der Waals surface area (Å²) in [5, 5.41) is 7.51. The van der Waals surface area contributed by atoms with E-state index in [1.165, 1.54) is 38.6 Å². The summed E-state index contributed by atoms with van der Waals surface area (Å²) in [4.78, 5) is 0. The summed E-state index contributed by atoms with van der Waals surface area (Å²) in [5.41, 5.74) is 0.697. The topological polar surface area (TPSA) is 24.1 Å². The first kappa shape index (κ1) is 12.6. The van der Waals surface area contributed by atoms with Crippen LogP contribution in [0.3, 0.4) is 0 Å². The fourth-order valence-electron chi connectivity index (χ4n) is 5.60. The Kier molecular flexibility index (Phi) is 3.15. The molecule has 5 saturated carbocycles.